The quantitative estimate of drug-likeness (QED) is 0.505. The highest BCUT2D eigenvalue weighted by Crippen LogP contribution is 2.15. The van der Waals surface area contributed by atoms with Gasteiger partial charge in [0, 0.05) is 25.0 Å². The van der Waals surface area contributed by atoms with E-state index >= 15 is 0 Å². The van der Waals surface area contributed by atoms with Crippen LogP contribution in [-0.2, 0) is 13.7 Å². The number of ketones is 1. The molecule has 0 aliphatic heterocycles. The molecule has 0 atom stereocenters. The molecule has 0 radical (unpaired) electrons. The fourth-order valence-electron chi connectivity index (χ4n) is 2.34. The Kier molecular flexibility index (Phi) is 5.25. The number of allylic oxidation sites excluding steroid dienone is 1. The zero-order valence-corrected chi connectivity index (χ0v) is 14.3. The Bertz CT molecular complexity index is 962. The molecule has 0 fully saturated rings. The summed E-state index contributed by atoms with van der Waals surface area (Å²) in [5.41, 5.74) is 2.04. The highest BCUT2D eigenvalue weighted by Gasteiger charge is 2.04. The van der Waals surface area contributed by atoms with Crippen LogP contribution in [0.4, 0.5) is 0 Å². The van der Waals surface area contributed by atoms with Crippen LogP contribution in [0.5, 0.6) is 5.75 Å². The molecule has 0 aliphatic rings. The van der Waals surface area contributed by atoms with E-state index in [1.54, 1.807) is 60.8 Å². The first-order valence-corrected chi connectivity index (χ1v) is 8.07. The molecule has 0 amide bonds. The topological polar surface area (TPSA) is 67.9 Å². The fraction of sp³-hybridized carbons (Fsp3) is 0.0952. The number of aryl methyl sites for hydroxylation is 1. The molecule has 1 heterocycles. The van der Waals surface area contributed by atoms with E-state index < -0.39 is 0 Å². The van der Waals surface area contributed by atoms with Gasteiger partial charge in [-0.2, -0.15) is 5.26 Å². The van der Waals surface area contributed by atoms with Crippen LogP contribution in [0.1, 0.15) is 27.3 Å². The first kappa shape index (κ1) is 17.2. The van der Waals surface area contributed by atoms with E-state index in [4.69, 9.17) is 10.00 Å². The van der Waals surface area contributed by atoms with Gasteiger partial charge in [-0.05, 0) is 48.0 Å². The van der Waals surface area contributed by atoms with Crippen molar-refractivity contribution in [2.75, 3.05) is 0 Å². The van der Waals surface area contributed by atoms with Crippen molar-refractivity contribution in [3.8, 4) is 11.8 Å². The molecule has 1 aromatic heterocycles. The minimum absolute atomic E-state index is 0.0926. The number of aromatic nitrogens is 2. The number of nitrogens with zero attached hydrogens (tertiary/aromatic N) is 3. The third-order valence-electron chi connectivity index (χ3n) is 3.89. The molecular formula is C21H17N3O2. The van der Waals surface area contributed by atoms with Crippen LogP contribution in [-0.4, -0.2) is 15.3 Å². The Morgan fingerprint density at radius 2 is 1.92 bits per heavy atom. The highest BCUT2D eigenvalue weighted by atomic mass is 16.5. The van der Waals surface area contributed by atoms with Crippen LogP contribution in [0, 0.1) is 11.3 Å². The van der Waals surface area contributed by atoms with Gasteiger partial charge in [-0.3, -0.25) is 4.79 Å². The average Bonchev–Trinajstić information content (AvgIpc) is 3.10. The predicted octanol–water partition coefficient (Wildman–Crippen LogP) is 3.77. The van der Waals surface area contributed by atoms with Crippen LogP contribution in [0.2, 0.25) is 0 Å². The highest BCUT2D eigenvalue weighted by molar-refractivity contribution is 6.06. The molecule has 0 unspecified atom stereocenters. The van der Waals surface area contributed by atoms with Gasteiger partial charge in [-0.1, -0.05) is 18.2 Å². The zero-order valence-electron chi connectivity index (χ0n) is 14.3. The summed E-state index contributed by atoms with van der Waals surface area (Å²) in [7, 11) is 1.91. The van der Waals surface area contributed by atoms with Gasteiger partial charge in [0.15, 0.2) is 5.78 Å². The Morgan fingerprint density at radius 3 is 2.54 bits per heavy atom. The number of hydrogen-bond donors (Lipinski definition) is 0. The number of benzene rings is 2. The summed E-state index contributed by atoms with van der Waals surface area (Å²) in [5, 5.41) is 8.79. The summed E-state index contributed by atoms with van der Waals surface area (Å²) in [4.78, 5) is 16.4. The fourth-order valence-corrected chi connectivity index (χ4v) is 2.34. The van der Waals surface area contributed by atoms with Gasteiger partial charge in [0.2, 0.25) is 0 Å². The lowest BCUT2D eigenvalue weighted by Crippen LogP contribution is -2.03. The molecule has 0 N–H and O–H groups in total. The lowest BCUT2D eigenvalue weighted by atomic mass is 10.1. The number of ether oxygens (including phenoxy) is 1. The second-order valence-electron chi connectivity index (χ2n) is 5.70. The van der Waals surface area contributed by atoms with Crippen LogP contribution in [0.3, 0.4) is 0 Å². The van der Waals surface area contributed by atoms with Gasteiger partial charge in [0.1, 0.15) is 18.2 Å². The number of hydrogen-bond acceptors (Lipinski definition) is 4. The molecule has 26 heavy (non-hydrogen) atoms. The third kappa shape index (κ3) is 4.25. The van der Waals surface area contributed by atoms with Crippen molar-refractivity contribution in [3.05, 3.63) is 89.5 Å². The lowest BCUT2D eigenvalue weighted by Gasteiger charge is -2.06. The first-order chi connectivity index (χ1) is 12.7. The Morgan fingerprint density at radius 1 is 1.19 bits per heavy atom. The smallest absolute Gasteiger partial charge is 0.185 e. The SMILES string of the molecule is Cn1ccnc1COc1ccc(C(=O)C=Cc2ccc(C#N)cc2)cc1. The summed E-state index contributed by atoms with van der Waals surface area (Å²) in [6.07, 6.45) is 6.83. The van der Waals surface area contributed by atoms with E-state index in [2.05, 4.69) is 11.1 Å². The molecule has 0 saturated heterocycles. The second-order valence-corrected chi connectivity index (χ2v) is 5.70. The molecule has 0 spiro atoms. The molecular weight excluding hydrogens is 326 g/mol. The van der Waals surface area contributed by atoms with E-state index in [-0.39, 0.29) is 5.78 Å². The van der Waals surface area contributed by atoms with Crippen molar-refractivity contribution >= 4 is 11.9 Å². The normalized spacial score (nSPS) is 10.6. The maximum atomic E-state index is 12.2. The lowest BCUT2D eigenvalue weighted by molar-refractivity contribution is 0.104. The van der Waals surface area contributed by atoms with E-state index in [1.807, 2.05) is 17.8 Å². The summed E-state index contributed by atoms with van der Waals surface area (Å²) < 4.78 is 7.57. The molecule has 128 valence electrons. The Hall–Kier alpha value is -3.65. The average molecular weight is 343 g/mol. The largest absolute Gasteiger partial charge is 0.486 e. The molecule has 0 bridgehead atoms. The standard InChI is InChI=1S/C21H17N3O2/c1-24-13-12-23-21(24)15-26-19-9-7-18(8-10-19)20(25)11-6-16-2-4-17(14-22)5-3-16/h2-13H,15H2,1H3. The van der Waals surface area contributed by atoms with E-state index in [1.165, 1.54) is 6.08 Å². The monoisotopic (exact) mass is 343 g/mol. The third-order valence-corrected chi connectivity index (χ3v) is 3.89. The van der Waals surface area contributed by atoms with Crippen LogP contribution in [0.25, 0.3) is 6.08 Å². The maximum absolute atomic E-state index is 12.2. The van der Waals surface area contributed by atoms with E-state index in [0.717, 1.165) is 11.4 Å². The summed E-state index contributed by atoms with van der Waals surface area (Å²) in [6, 6.07) is 16.1. The number of carbonyl (C=O) groups is 1. The van der Waals surface area contributed by atoms with Crippen molar-refractivity contribution < 1.29 is 9.53 Å². The first-order valence-electron chi connectivity index (χ1n) is 8.07. The molecule has 3 aromatic rings. The van der Waals surface area contributed by atoms with Crippen molar-refractivity contribution in [1.29, 1.82) is 5.26 Å². The number of rotatable bonds is 6. The van der Waals surface area contributed by atoms with Gasteiger partial charge in [0.25, 0.3) is 0 Å². The number of carbonyl (C=O) groups excluding carboxylic acids is 1. The zero-order chi connectivity index (χ0) is 18.4. The van der Waals surface area contributed by atoms with E-state index in [9.17, 15) is 4.79 Å². The van der Waals surface area contributed by atoms with Crippen molar-refractivity contribution in [2.45, 2.75) is 6.61 Å². The molecule has 5 nitrogen and oxygen atoms in total. The maximum Gasteiger partial charge on any atom is 0.185 e. The second kappa shape index (κ2) is 7.95. The van der Waals surface area contributed by atoms with Gasteiger partial charge >= 0.3 is 0 Å². The van der Waals surface area contributed by atoms with Gasteiger partial charge in [0.05, 0.1) is 11.6 Å². The minimum Gasteiger partial charge on any atom is -0.486 e. The van der Waals surface area contributed by atoms with Crippen molar-refractivity contribution in [3.63, 3.8) is 0 Å². The summed E-state index contributed by atoms with van der Waals surface area (Å²) >= 11 is 0. The minimum atomic E-state index is -0.0926. The van der Waals surface area contributed by atoms with Crippen LogP contribution in [0.15, 0.2) is 67.0 Å². The van der Waals surface area contributed by atoms with Gasteiger partial charge < -0.3 is 9.30 Å². The van der Waals surface area contributed by atoms with Crippen LogP contribution < -0.4 is 4.74 Å². The Labute approximate surface area is 151 Å². The molecule has 5 heteroatoms. The van der Waals surface area contributed by atoms with Crippen LogP contribution >= 0.6 is 0 Å². The molecule has 0 saturated carbocycles. The number of imidazole rings is 1. The van der Waals surface area contributed by atoms with Gasteiger partial charge in [-0.15, -0.1) is 0 Å². The Balaban J connectivity index is 1.60. The summed E-state index contributed by atoms with van der Waals surface area (Å²) in [5.74, 6) is 1.42. The molecule has 3 rings (SSSR count). The van der Waals surface area contributed by atoms with Crippen molar-refractivity contribution in [1.82, 2.24) is 9.55 Å². The van der Waals surface area contributed by atoms with Gasteiger partial charge in [-0.25, -0.2) is 4.98 Å². The summed E-state index contributed by atoms with van der Waals surface area (Å²) in [6.45, 7) is 0.370. The number of nitriles is 1. The molecule has 2 aromatic carbocycles. The van der Waals surface area contributed by atoms with E-state index in [0.29, 0.717) is 23.5 Å². The molecule has 0 aliphatic carbocycles. The predicted molar refractivity (Wildman–Crippen MR) is 98.5 cm³/mol. The van der Waals surface area contributed by atoms with Crippen molar-refractivity contribution in [2.24, 2.45) is 7.05 Å².